The van der Waals surface area contributed by atoms with E-state index in [4.69, 9.17) is 9.31 Å². The Morgan fingerprint density at radius 3 is 2.68 bits per heavy atom. The molecule has 1 aliphatic heterocycles. The van der Waals surface area contributed by atoms with Crippen LogP contribution >= 0.6 is 0 Å². The lowest BCUT2D eigenvalue weighted by atomic mass is 9.43. The number of carbonyl (C=O) groups is 1. The van der Waals surface area contributed by atoms with Crippen molar-refractivity contribution in [3.63, 3.8) is 0 Å². The van der Waals surface area contributed by atoms with Crippen molar-refractivity contribution in [3.05, 3.63) is 0 Å². The summed E-state index contributed by atoms with van der Waals surface area (Å²) in [5, 5.41) is 21.7. The Balaban J connectivity index is 1.50. The summed E-state index contributed by atoms with van der Waals surface area (Å²) in [6, 6.07) is 0. The van der Waals surface area contributed by atoms with Gasteiger partial charge in [-0.1, -0.05) is 13.8 Å². The maximum atomic E-state index is 13.1. The molecule has 5 rings (SSSR count). The minimum absolute atomic E-state index is 0.0712. The van der Waals surface area contributed by atoms with E-state index < -0.39 is 11.7 Å². The van der Waals surface area contributed by atoms with Crippen LogP contribution in [0.5, 0.6) is 0 Å². The second-order valence-corrected chi connectivity index (χ2v) is 11.0. The predicted molar refractivity (Wildman–Crippen MR) is 106 cm³/mol. The fraction of sp³-hybridized carbons (Fsp3) is 0.955. The molecule has 6 heteroatoms. The van der Waals surface area contributed by atoms with E-state index in [1.807, 2.05) is 6.82 Å². The highest BCUT2D eigenvalue weighted by atomic mass is 16.6. The molecule has 4 aliphatic carbocycles. The summed E-state index contributed by atoms with van der Waals surface area (Å²) in [7, 11) is -0.365. The van der Waals surface area contributed by atoms with Gasteiger partial charge < -0.3 is 19.5 Å². The van der Waals surface area contributed by atoms with Gasteiger partial charge in [-0.3, -0.25) is 4.79 Å². The second kappa shape index (κ2) is 6.29. The van der Waals surface area contributed by atoms with Crippen molar-refractivity contribution < 1.29 is 24.3 Å². The van der Waals surface area contributed by atoms with Crippen LogP contribution in [-0.4, -0.2) is 47.5 Å². The van der Waals surface area contributed by atoms with Crippen molar-refractivity contribution in [1.29, 1.82) is 0 Å². The average molecular weight is 390 g/mol. The van der Waals surface area contributed by atoms with Crippen molar-refractivity contribution in [2.24, 2.45) is 34.5 Å². The molecule has 5 aliphatic rings. The van der Waals surface area contributed by atoms with Crippen molar-refractivity contribution in [1.82, 2.24) is 0 Å². The molecular formula is C22H35BO5. The molecule has 0 radical (unpaired) electrons. The molecule has 28 heavy (non-hydrogen) atoms. The van der Waals surface area contributed by atoms with Gasteiger partial charge in [0.25, 0.3) is 0 Å². The van der Waals surface area contributed by atoms with Crippen LogP contribution in [0.25, 0.3) is 0 Å². The summed E-state index contributed by atoms with van der Waals surface area (Å²) >= 11 is 0. The van der Waals surface area contributed by atoms with Crippen LogP contribution in [-0.2, 0) is 14.1 Å². The van der Waals surface area contributed by atoms with E-state index in [9.17, 15) is 15.0 Å². The Bertz CT molecular complexity index is 671. The zero-order valence-electron chi connectivity index (χ0n) is 17.5. The summed E-state index contributed by atoms with van der Waals surface area (Å²) in [5.74, 6) is 1.72. The monoisotopic (exact) mass is 390 g/mol. The van der Waals surface area contributed by atoms with Gasteiger partial charge in [0, 0.05) is 5.41 Å². The molecule has 4 saturated carbocycles. The van der Waals surface area contributed by atoms with Crippen LogP contribution in [0.1, 0.15) is 65.2 Å². The fourth-order valence-electron chi connectivity index (χ4n) is 8.69. The van der Waals surface area contributed by atoms with Crippen molar-refractivity contribution in [2.75, 3.05) is 6.61 Å². The number of rotatable bonds is 0. The number of fused-ring (bicyclic) bond motifs is 6. The lowest BCUT2D eigenvalue weighted by Gasteiger charge is -2.63. The molecule has 0 amide bonds. The standard InChI is InChI=1S/C22H35BO5/c1-20-8-6-14(24)10-13(20)4-5-15-16-7-9-22(18(26)12-27-23(3)28-22)21(16,2)11-17(25)19(15)20/h13-17,19,24-25H,4-12H2,1-3H3. The molecule has 1 saturated heterocycles. The summed E-state index contributed by atoms with van der Waals surface area (Å²) in [4.78, 5) is 13.1. The molecule has 0 bridgehead atoms. The fourth-order valence-corrected chi connectivity index (χ4v) is 8.69. The molecular weight excluding hydrogens is 355 g/mol. The van der Waals surface area contributed by atoms with Gasteiger partial charge in [-0.15, -0.1) is 0 Å². The van der Waals surface area contributed by atoms with Gasteiger partial charge in [0.05, 0.1) is 18.8 Å². The molecule has 5 nitrogen and oxygen atoms in total. The number of aliphatic hydroxyl groups excluding tert-OH is 2. The number of ketones is 1. The van der Waals surface area contributed by atoms with Gasteiger partial charge in [0.15, 0.2) is 5.78 Å². The van der Waals surface area contributed by atoms with Crippen LogP contribution in [0, 0.1) is 34.5 Å². The zero-order chi connectivity index (χ0) is 19.9. The molecule has 0 aromatic carbocycles. The molecule has 0 aromatic rings. The summed E-state index contributed by atoms with van der Waals surface area (Å²) in [6.07, 6.45) is 6.81. The highest BCUT2D eigenvalue weighted by Crippen LogP contribution is 2.69. The molecule has 9 unspecified atom stereocenters. The number of carbonyl (C=O) groups excluding carboxylic acids is 1. The Hall–Kier alpha value is -0.425. The normalized spacial score (nSPS) is 56.3. The maximum Gasteiger partial charge on any atom is 0.454 e. The zero-order valence-corrected chi connectivity index (χ0v) is 17.5. The maximum absolute atomic E-state index is 13.1. The van der Waals surface area contributed by atoms with Gasteiger partial charge >= 0.3 is 7.12 Å². The van der Waals surface area contributed by atoms with Crippen LogP contribution in [0.2, 0.25) is 6.82 Å². The van der Waals surface area contributed by atoms with Crippen molar-refractivity contribution in [3.8, 4) is 0 Å². The number of hydrogen-bond acceptors (Lipinski definition) is 5. The highest BCUT2D eigenvalue weighted by molar-refractivity contribution is 6.44. The molecule has 1 heterocycles. The lowest BCUT2D eigenvalue weighted by Crippen LogP contribution is -2.66. The molecule has 0 aromatic heterocycles. The van der Waals surface area contributed by atoms with Gasteiger partial charge in [0.2, 0.25) is 0 Å². The number of Topliss-reactive ketones (excluding diaryl/α,β-unsaturated/α-hetero) is 1. The van der Waals surface area contributed by atoms with Gasteiger partial charge in [0.1, 0.15) is 5.60 Å². The van der Waals surface area contributed by atoms with Crippen LogP contribution in [0.4, 0.5) is 0 Å². The highest BCUT2D eigenvalue weighted by Gasteiger charge is 2.70. The minimum Gasteiger partial charge on any atom is -0.404 e. The topological polar surface area (TPSA) is 76.0 Å². The van der Waals surface area contributed by atoms with Crippen LogP contribution < -0.4 is 0 Å². The first kappa shape index (κ1) is 19.5. The van der Waals surface area contributed by atoms with Gasteiger partial charge in [-0.05, 0) is 87.3 Å². The van der Waals surface area contributed by atoms with E-state index in [2.05, 4.69) is 13.8 Å². The third kappa shape index (κ3) is 2.38. The Morgan fingerprint density at radius 1 is 1.11 bits per heavy atom. The van der Waals surface area contributed by atoms with Crippen LogP contribution in [0.15, 0.2) is 0 Å². The van der Waals surface area contributed by atoms with E-state index in [1.165, 1.54) is 0 Å². The summed E-state index contributed by atoms with van der Waals surface area (Å²) < 4.78 is 11.8. The van der Waals surface area contributed by atoms with Crippen molar-refractivity contribution >= 4 is 12.9 Å². The molecule has 5 fully saturated rings. The first-order chi connectivity index (χ1) is 13.2. The van der Waals surface area contributed by atoms with Crippen LogP contribution in [0.3, 0.4) is 0 Å². The number of hydrogen-bond donors (Lipinski definition) is 2. The predicted octanol–water partition coefficient (Wildman–Crippen LogP) is 2.83. The SMILES string of the molecule is CB1OCC(=O)C2(CCC3C4CCC5CC(O)CCC5(C)C4C(O)CC32C)O1. The molecule has 9 atom stereocenters. The number of aliphatic hydroxyl groups is 2. The van der Waals surface area contributed by atoms with E-state index in [1.54, 1.807) is 0 Å². The summed E-state index contributed by atoms with van der Waals surface area (Å²) in [5.41, 5.74) is -1.01. The van der Waals surface area contributed by atoms with E-state index in [-0.39, 0.29) is 42.4 Å². The average Bonchev–Trinajstić information content (AvgIpc) is 2.91. The molecule has 156 valence electrons. The molecule has 1 spiro atoms. The Kier molecular flexibility index (Phi) is 4.39. The summed E-state index contributed by atoms with van der Waals surface area (Å²) in [6.45, 7) is 6.59. The van der Waals surface area contributed by atoms with Gasteiger partial charge in [-0.25, -0.2) is 0 Å². The third-order valence-electron chi connectivity index (χ3n) is 9.96. The van der Waals surface area contributed by atoms with E-state index >= 15 is 0 Å². The Morgan fingerprint density at radius 2 is 1.89 bits per heavy atom. The first-order valence-corrected chi connectivity index (χ1v) is 11.4. The quantitative estimate of drug-likeness (QED) is 0.622. The third-order valence-corrected chi connectivity index (χ3v) is 9.96. The smallest absolute Gasteiger partial charge is 0.404 e. The van der Waals surface area contributed by atoms with E-state index in [0.717, 1.165) is 44.9 Å². The molecule has 2 N–H and O–H groups in total. The first-order valence-electron chi connectivity index (χ1n) is 11.4. The Labute approximate surface area is 168 Å². The van der Waals surface area contributed by atoms with Crippen molar-refractivity contribution in [2.45, 2.75) is 89.8 Å². The van der Waals surface area contributed by atoms with Gasteiger partial charge in [-0.2, -0.15) is 0 Å². The second-order valence-electron chi connectivity index (χ2n) is 11.0. The largest absolute Gasteiger partial charge is 0.454 e. The van der Waals surface area contributed by atoms with E-state index in [0.29, 0.717) is 24.2 Å². The lowest BCUT2D eigenvalue weighted by molar-refractivity contribution is -0.204. The minimum atomic E-state index is -0.790.